The summed E-state index contributed by atoms with van der Waals surface area (Å²) in [5.41, 5.74) is -0.242. The van der Waals surface area contributed by atoms with Gasteiger partial charge in [-0.15, -0.1) is 12.4 Å². The van der Waals surface area contributed by atoms with Gasteiger partial charge >= 0.3 is 0 Å². The van der Waals surface area contributed by atoms with Gasteiger partial charge in [0.25, 0.3) is 0 Å². The lowest BCUT2D eigenvalue weighted by Crippen LogP contribution is -2.46. The smallest absolute Gasteiger partial charge is 0.243 e. The molecule has 1 aromatic carbocycles. The van der Waals surface area contributed by atoms with Crippen LogP contribution in [-0.4, -0.2) is 38.4 Å². The fraction of sp³-hybridized carbons (Fsp3) is 0.500. The third-order valence-corrected chi connectivity index (χ3v) is 6.18. The van der Waals surface area contributed by atoms with Crippen LogP contribution in [0, 0.1) is 23.1 Å². The molecule has 22 heavy (non-hydrogen) atoms. The molecule has 2 fully saturated rings. The number of fused-ring (bicyclic) bond motifs is 1. The molecule has 8 heteroatoms. The molecule has 0 saturated carbocycles. The standard InChI is InChI=1S/C14H16FN3O2S.ClH/c15-13-2-1-12(7-11(13)8-16)21(19,20)18-6-4-14-10(9-18)3-5-17-14;/h1-2,7,10,14,17H,3-6,9H2;1H. The summed E-state index contributed by atoms with van der Waals surface area (Å²) in [4.78, 5) is -0.00939. The Labute approximate surface area is 135 Å². The summed E-state index contributed by atoms with van der Waals surface area (Å²) in [5, 5.41) is 12.2. The van der Waals surface area contributed by atoms with Crippen LogP contribution in [-0.2, 0) is 10.0 Å². The highest BCUT2D eigenvalue weighted by molar-refractivity contribution is 7.89. The van der Waals surface area contributed by atoms with Crippen molar-refractivity contribution in [2.45, 2.75) is 23.8 Å². The molecule has 3 rings (SSSR count). The lowest BCUT2D eigenvalue weighted by atomic mass is 9.95. The van der Waals surface area contributed by atoms with E-state index in [0.717, 1.165) is 31.5 Å². The number of piperidine rings is 1. The normalized spacial score (nSPS) is 25.1. The third-order valence-electron chi connectivity index (χ3n) is 4.31. The van der Waals surface area contributed by atoms with Gasteiger partial charge in [0.2, 0.25) is 10.0 Å². The molecule has 2 atom stereocenters. The highest BCUT2D eigenvalue weighted by Crippen LogP contribution is 2.29. The summed E-state index contributed by atoms with van der Waals surface area (Å²) in [7, 11) is -3.66. The van der Waals surface area contributed by atoms with Crippen LogP contribution in [0.2, 0.25) is 0 Å². The Morgan fingerprint density at radius 3 is 2.86 bits per heavy atom. The van der Waals surface area contributed by atoms with Crippen molar-refractivity contribution >= 4 is 22.4 Å². The minimum atomic E-state index is -3.66. The van der Waals surface area contributed by atoms with E-state index in [2.05, 4.69) is 5.32 Å². The molecule has 2 heterocycles. The Hall–Kier alpha value is -1.20. The van der Waals surface area contributed by atoms with Gasteiger partial charge in [-0.2, -0.15) is 9.57 Å². The summed E-state index contributed by atoms with van der Waals surface area (Å²) in [5.74, 6) is -0.362. The second-order valence-corrected chi connectivity index (χ2v) is 7.45. The highest BCUT2D eigenvalue weighted by Gasteiger charge is 2.37. The van der Waals surface area contributed by atoms with E-state index in [4.69, 9.17) is 5.26 Å². The van der Waals surface area contributed by atoms with E-state index in [0.29, 0.717) is 25.0 Å². The molecule has 120 valence electrons. The zero-order chi connectivity index (χ0) is 15.0. The number of rotatable bonds is 2. The fourth-order valence-corrected chi connectivity index (χ4v) is 4.67. The first-order chi connectivity index (χ1) is 10.0. The lowest BCUT2D eigenvalue weighted by molar-refractivity contribution is 0.247. The molecule has 0 aliphatic carbocycles. The number of nitrogens with zero attached hydrogens (tertiary/aromatic N) is 2. The molecular formula is C14H17ClFN3O2S. The van der Waals surface area contributed by atoms with Gasteiger partial charge in [-0.25, -0.2) is 12.8 Å². The quantitative estimate of drug-likeness (QED) is 0.881. The second-order valence-electron chi connectivity index (χ2n) is 5.51. The summed E-state index contributed by atoms with van der Waals surface area (Å²) in [6.07, 6.45) is 1.76. The number of nitriles is 1. The van der Waals surface area contributed by atoms with E-state index in [-0.39, 0.29) is 22.9 Å². The van der Waals surface area contributed by atoms with Crippen LogP contribution in [0.1, 0.15) is 18.4 Å². The van der Waals surface area contributed by atoms with E-state index < -0.39 is 15.8 Å². The van der Waals surface area contributed by atoms with Crippen molar-refractivity contribution in [3.63, 3.8) is 0 Å². The van der Waals surface area contributed by atoms with Crippen molar-refractivity contribution in [2.24, 2.45) is 5.92 Å². The Bertz CT molecular complexity index is 705. The van der Waals surface area contributed by atoms with Crippen LogP contribution in [0.5, 0.6) is 0 Å². The largest absolute Gasteiger partial charge is 0.314 e. The molecule has 0 aromatic heterocycles. The molecule has 2 aliphatic rings. The maximum absolute atomic E-state index is 13.3. The molecule has 0 amide bonds. The Morgan fingerprint density at radius 1 is 1.36 bits per heavy atom. The maximum atomic E-state index is 13.3. The van der Waals surface area contributed by atoms with Crippen molar-refractivity contribution in [3.05, 3.63) is 29.6 Å². The van der Waals surface area contributed by atoms with E-state index >= 15 is 0 Å². The molecule has 2 saturated heterocycles. The van der Waals surface area contributed by atoms with Crippen LogP contribution in [0.3, 0.4) is 0 Å². The van der Waals surface area contributed by atoms with Crippen LogP contribution < -0.4 is 5.32 Å². The molecule has 0 bridgehead atoms. The molecule has 1 aromatic rings. The van der Waals surface area contributed by atoms with E-state index in [1.165, 1.54) is 10.4 Å². The second kappa shape index (κ2) is 6.50. The van der Waals surface area contributed by atoms with Crippen LogP contribution in [0.15, 0.2) is 23.1 Å². The monoisotopic (exact) mass is 345 g/mol. The van der Waals surface area contributed by atoms with Crippen molar-refractivity contribution in [1.82, 2.24) is 9.62 Å². The highest BCUT2D eigenvalue weighted by atomic mass is 35.5. The van der Waals surface area contributed by atoms with E-state index in [1.54, 1.807) is 6.07 Å². The number of hydrogen-bond donors (Lipinski definition) is 1. The predicted molar refractivity (Wildman–Crippen MR) is 81.6 cm³/mol. The molecule has 0 radical (unpaired) electrons. The van der Waals surface area contributed by atoms with Gasteiger partial charge in [0.15, 0.2) is 0 Å². The topological polar surface area (TPSA) is 73.2 Å². The Balaban J connectivity index is 0.00000176. The average Bonchev–Trinajstić information content (AvgIpc) is 2.94. The molecule has 2 aliphatic heterocycles. The zero-order valence-electron chi connectivity index (χ0n) is 11.8. The summed E-state index contributed by atoms with van der Waals surface area (Å²) in [6.45, 7) is 1.87. The van der Waals surface area contributed by atoms with Gasteiger partial charge in [0.05, 0.1) is 10.5 Å². The Morgan fingerprint density at radius 2 is 2.14 bits per heavy atom. The minimum Gasteiger partial charge on any atom is -0.314 e. The van der Waals surface area contributed by atoms with Gasteiger partial charge in [-0.1, -0.05) is 0 Å². The SMILES string of the molecule is Cl.N#Cc1cc(S(=O)(=O)N2CCC3NCCC3C2)ccc1F. The molecule has 1 N–H and O–H groups in total. The van der Waals surface area contributed by atoms with Crippen LogP contribution in [0.25, 0.3) is 0 Å². The molecular weight excluding hydrogens is 329 g/mol. The maximum Gasteiger partial charge on any atom is 0.243 e. The van der Waals surface area contributed by atoms with Gasteiger partial charge < -0.3 is 5.32 Å². The van der Waals surface area contributed by atoms with Crippen molar-refractivity contribution in [2.75, 3.05) is 19.6 Å². The van der Waals surface area contributed by atoms with Crippen molar-refractivity contribution in [1.29, 1.82) is 5.26 Å². The zero-order valence-corrected chi connectivity index (χ0v) is 13.5. The van der Waals surface area contributed by atoms with Gasteiger partial charge in [0, 0.05) is 19.1 Å². The minimum absolute atomic E-state index is 0. The summed E-state index contributed by atoms with van der Waals surface area (Å²) >= 11 is 0. The van der Waals surface area contributed by atoms with Gasteiger partial charge in [-0.3, -0.25) is 0 Å². The van der Waals surface area contributed by atoms with E-state index in [1.807, 2.05) is 0 Å². The number of sulfonamides is 1. The molecule has 2 unspecified atom stereocenters. The summed E-state index contributed by atoms with van der Waals surface area (Å²) < 4.78 is 40.0. The van der Waals surface area contributed by atoms with E-state index in [9.17, 15) is 12.8 Å². The number of benzene rings is 1. The first-order valence-electron chi connectivity index (χ1n) is 6.95. The van der Waals surface area contributed by atoms with Gasteiger partial charge in [0.1, 0.15) is 11.9 Å². The number of hydrogen-bond acceptors (Lipinski definition) is 4. The fourth-order valence-electron chi connectivity index (χ4n) is 3.13. The number of nitrogens with one attached hydrogen (secondary N) is 1. The van der Waals surface area contributed by atoms with Gasteiger partial charge in [-0.05, 0) is 43.5 Å². The molecule has 0 spiro atoms. The molecule has 5 nitrogen and oxygen atoms in total. The first kappa shape index (κ1) is 17.2. The predicted octanol–water partition coefficient (Wildman–Crippen LogP) is 1.49. The van der Waals surface area contributed by atoms with Crippen molar-refractivity contribution in [3.8, 4) is 6.07 Å². The lowest BCUT2D eigenvalue weighted by Gasteiger charge is -2.34. The summed E-state index contributed by atoms with van der Waals surface area (Å²) in [6, 6.07) is 5.46. The Kier molecular flexibility index (Phi) is 5.07. The number of halogens is 2. The van der Waals surface area contributed by atoms with Crippen LogP contribution in [0.4, 0.5) is 4.39 Å². The first-order valence-corrected chi connectivity index (χ1v) is 8.39. The average molecular weight is 346 g/mol. The van der Waals surface area contributed by atoms with Crippen molar-refractivity contribution < 1.29 is 12.8 Å². The van der Waals surface area contributed by atoms with Crippen LogP contribution >= 0.6 is 12.4 Å². The third kappa shape index (κ3) is 2.97.